The summed E-state index contributed by atoms with van der Waals surface area (Å²) in [6.07, 6.45) is 0. The van der Waals surface area contributed by atoms with Gasteiger partial charge in [-0.25, -0.2) is 4.79 Å². The largest absolute Gasteiger partial charge is 0.352 e. The van der Waals surface area contributed by atoms with Crippen LogP contribution in [-0.4, -0.2) is 5.97 Å². The average molecular weight is 136 g/mol. The quantitative estimate of drug-likeness (QED) is 0.345. The van der Waals surface area contributed by atoms with Crippen LogP contribution in [-0.2, 0) is 9.63 Å². The molecule has 0 saturated heterocycles. The summed E-state index contributed by atoms with van der Waals surface area (Å²) in [5.74, 6) is -0.556. The van der Waals surface area contributed by atoms with E-state index in [0.29, 0.717) is 5.57 Å². The zero-order chi connectivity index (χ0) is 6.57. The molecule has 0 aliphatic carbocycles. The van der Waals surface area contributed by atoms with Crippen LogP contribution in [0.1, 0.15) is 6.92 Å². The fraction of sp³-hybridized carbons (Fsp3) is 0.250. The molecule has 0 aromatic rings. The standard InChI is InChI=1S/C4H6ClNO2/c1-3(2)4(7)8-6-5/h6H,1H2,2H3. The van der Waals surface area contributed by atoms with E-state index in [4.69, 9.17) is 11.8 Å². The van der Waals surface area contributed by atoms with Gasteiger partial charge in [-0.05, 0) is 6.92 Å². The maximum Gasteiger partial charge on any atom is 0.352 e. The smallest absolute Gasteiger partial charge is 0.351 e. The first-order valence-corrected chi connectivity index (χ1v) is 2.28. The lowest BCUT2D eigenvalue weighted by molar-refractivity contribution is -0.142. The Morgan fingerprint density at radius 2 is 2.38 bits per heavy atom. The molecule has 0 aliphatic heterocycles. The van der Waals surface area contributed by atoms with Crippen LogP contribution in [0.25, 0.3) is 0 Å². The number of halogens is 1. The summed E-state index contributed by atoms with van der Waals surface area (Å²) < 4.78 is 0. The van der Waals surface area contributed by atoms with E-state index >= 15 is 0 Å². The van der Waals surface area contributed by atoms with Crippen molar-refractivity contribution in [2.45, 2.75) is 6.92 Å². The molecule has 8 heavy (non-hydrogen) atoms. The van der Waals surface area contributed by atoms with Gasteiger partial charge in [0.05, 0.1) is 0 Å². The Hall–Kier alpha value is -0.540. The third kappa shape index (κ3) is 2.60. The maximum atomic E-state index is 10.3. The van der Waals surface area contributed by atoms with Gasteiger partial charge in [-0.15, -0.1) is 0 Å². The number of hydrogen-bond acceptors (Lipinski definition) is 3. The molecule has 0 unspecified atom stereocenters. The molecule has 4 heteroatoms. The molecule has 0 atom stereocenters. The van der Waals surface area contributed by atoms with E-state index in [1.807, 2.05) is 0 Å². The molecule has 0 aliphatic rings. The highest BCUT2D eigenvalue weighted by molar-refractivity contribution is 6.13. The fourth-order valence-electron chi connectivity index (χ4n) is 0.122. The first kappa shape index (κ1) is 7.46. The molecule has 0 fully saturated rings. The van der Waals surface area contributed by atoms with E-state index in [1.165, 1.54) is 6.92 Å². The molecule has 1 N–H and O–H groups in total. The zero-order valence-corrected chi connectivity index (χ0v) is 5.16. The van der Waals surface area contributed by atoms with Gasteiger partial charge in [0.2, 0.25) is 0 Å². The van der Waals surface area contributed by atoms with Gasteiger partial charge < -0.3 is 4.84 Å². The summed E-state index contributed by atoms with van der Waals surface area (Å²) in [5.41, 5.74) is 0.304. The number of carbonyl (C=O) groups excluding carboxylic acids is 1. The van der Waals surface area contributed by atoms with Crippen molar-refractivity contribution in [3.63, 3.8) is 0 Å². The van der Waals surface area contributed by atoms with Crippen LogP contribution in [0.2, 0.25) is 0 Å². The van der Waals surface area contributed by atoms with Crippen molar-refractivity contribution in [1.82, 2.24) is 5.00 Å². The lowest BCUT2D eigenvalue weighted by atomic mass is 10.4. The van der Waals surface area contributed by atoms with E-state index in [9.17, 15) is 4.79 Å². The van der Waals surface area contributed by atoms with Gasteiger partial charge in [-0.3, -0.25) is 0 Å². The van der Waals surface area contributed by atoms with Gasteiger partial charge in [0.15, 0.2) is 0 Å². The van der Waals surface area contributed by atoms with Gasteiger partial charge in [-0.2, -0.15) is 0 Å². The van der Waals surface area contributed by atoms with Gasteiger partial charge >= 0.3 is 5.97 Å². The van der Waals surface area contributed by atoms with Crippen molar-refractivity contribution in [2.24, 2.45) is 0 Å². The monoisotopic (exact) mass is 135 g/mol. The highest BCUT2D eigenvalue weighted by Gasteiger charge is 1.99. The Morgan fingerprint density at radius 1 is 1.88 bits per heavy atom. The molecule has 0 amide bonds. The second kappa shape index (κ2) is 3.46. The van der Waals surface area contributed by atoms with E-state index < -0.39 is 5.97 Å². The Morgan fingerprint density at radius 3 is 2.50 bits per heavy atom. The molecule has 0 bridgehead atoms. The number of rotatable bonds is 2. The van der Waals surface area contributed by atoms with Crippen molar-refractivity contribution < 1.29 is 9.63 Å². The van der Waals surface area contributed by atoms with Crippen LogP contribution < -0.4 is 5.00 Å². The minimum absolute atomic E-state index is 0.304. The van der Waals surface area contributed by atoms with Crippen LogP contribution in [0, 0.1) is 0 Å². The minimum Gasteiger partial charge on any atom is -0.351 e. The first-order valence-electron chi connectivity index (χ1n) is 1.90. The predicted molar refractivity (Wildman–Crippen MR) is 29.9 cm³/mol. The zero-order valence-electron chi connectivity index (χ0n) is 4.40. The van der Waals surface area contributed by atoms with Crippen molar-refractivity contribution in [3.05, 3.63) is 12.2 Å². The molecule has 46 valence electrons. The van der Waals surface area contributed by atoms with E-state index in [2.05, 4.69) is 11.4 Å². The van der Waals surface area contributed by atoms with Crippen LogP contribution >= 0.6 is 11.8 Å². The Balaban J connectivity index is 3.49. The second-order valence-corrected chi connectivity index (χ2v) is 1.40. The summed E-state index contributed by atoms with van der Waals surface area (Å²) >= 11 is 4.81. The molecule has 0 aromatic heterocycles. The first-order chi connectivity index (χ1) is 3.68. The van der Waals surface area contributed by atoms with E-state index in [-0.39, 0.29) is 0 Å². The van der Waals surface area contributed by atoms with Gasteiger partial charge in [0.25, 0.3) is 0 Å². The van der Waals surface area contributed by atoms with Crippen LogP contribution in [0.15, 0.2) is 12.2 Å². The molecule has 0 aromatic carbocycles. The fourth-order valence-corrected chi connectivity index (χ4v) is 0.192. The Bertz CT molecular complexity index is 113. The molecular formula is C4H6ClNO2. The van der Waals surface area contributed by atoms with E-state index in [1.54, 1.807) is 5.00 Å². The molecule has 0 radical (unpaired) electrons. The summed E-state index contributed by atoms with van der Waals surface area (Å²) in [7, 11) is 0. The minimum atomic E-state index is -0.556. The molecule has 0 saturated carbocycles. The van der Waals surface area contributed by atoms with E-state index in [0.717, 1.165) is 0 Å². The molecular weight excluding hydrogens is 130 g/mol. The highest BCUT2D eigenvalue weighted by atomic mass is 35.5. The van der Waals surface area contributed by atoms with Gasteiger partial charge in [0, 0.05) is 17.3 Å². The normalized spacial score (nSPS) is 8.25. The molecule has 0 heterocycles. The van der Waals surface area contributed by atoms with Crippen LogP contribution in [0.5, 0.6) is 0 Å². The number of nitrogens with one attached hydrogen (secondary N) is 1. The SMILES string of the molecule is C=C(C)C(=O)ONCl. The van der Waals surface area contributed by atoms with Crippen molar-refractivity contribution >= 4 is 17.7 Å². The lowest BCUT2D eigenvalue weighted by Gasteiger charge is -1.94. The Kier molecular flexibility index (Phi) is 3.23. The third-order valence-corrected chi connectivity index (χ3v) is 0.557. The summed E-state index contributed by atoms with van der Waals surface area (Å²) in [5, 5.41) is 0. The summed E-state index contributed by atoms with van der Waals surface area (Å²) in [6, 6.07) is 0. The Labute approximate surface area is 52.3 Å². The number of hydrogen-bond donors (Lipinski definition) is 1. The predicted octanol–water partition coefficient (Wildman–Crippen LogP) is 0.764. The van der Waals surface area contributed by atoms with Crippen molar-refractivity contribution in [3.8, 4) is 0 Å². The van der Waals surface area contributed by atoms with Gasteiger partial charge in [0.1, 0.15) is 0 Å². The highest BCUT2D eigenvalue weighted by Crippen LogP contribution is 1.88. The number of carbonyl (C=O) groups is 1. The summed E-state index contributed by atoms with van der Waals surface area (Å²) in [6.45, 7) is 4.82. The molecule has 3 nitrogen and oxygen atoms in total. The molecule has 0 rings (SSSR count). The van der Waals surface area contributed by atoms with Crippen LogP contribution in [0.4, 0.5) is 0 Å². The van der Waals surface area contributed by atoms with Crippen molar-refractivity contribution in [2.75, 3.05) is 0 Å². The third-order valence-electron chi connectivity index (χ3n) is 0.480. The molecule has 0 spiro atoms. The van der Waals surface area contributed by atoms with Gasteiger partial charge in [-0.1, -0.05) is 11.6 Å². The second-order valence-electron chi connectivity index (χ2n) is 1.25. The topological polar surface area (TPSA) is 38.3 Å². The average Bonchev–Trinajstić information content (AvgIpc) is 1.67. The summed E-state index contributed by atoms with van der Waals surface area (Å²) in [4.78, 5) is 16.1. The maximum absolute atomic E-state index is 10.3. The lowest BCUT2D eigenvalue weighted by Crippen LogP contribution is -2.10. The van der Waals surface area contributed by atoms with Crippen molar-refractivity contribution in [1.29, 1.82) is 0 Å². The van der Waals surface area contributed by atoms with Crippen LogP contribution in [0.3, 0.4) is 0 Å².